The molecule has 0 fully saturated rings. The number of benzene rings is 8. The Hall–Kier alpha value is -6.43. The molecule has 8 aromatic carbocycles. The van der Waals surface area contributed by atoms with E-state index in [1.165, 1.54) is 49.0 Å². The van der Waals surface area contributed by atoms with Crippen LogP contribution in [0.5, 0.6) is 0 Å². The Kier molecular flexibility index (Phi) is 6.23. The molecular weight excluding hydrogens is 569 g/mol. The Labute approximate surface area is 273 Å². The third-order valence-electron chi connectivity index (χ3n) is 9.43. The number of nitrogens with zero attached hydrogens (tertiary/aromatic N) is 2. The zero-order chi connectivity index (χ0) is 31.3. The summed E-state index contributed by atoms with van der Waals surface area (Å²) in [5.41, 5.74) is 10.4. The highest BCUT2D eigenvalue weighted by Gasteiger charge is 2.19. The van der Waals surface area contributed by atoms with E-state index in [2.05, 4.69) is 180 Å². The second kappa shape index (κ2) is 10.9. The number of fused-ring (bicyclic) bond motifs is 5. The van der Waals surface area contributed by atoms with Gasteiger partial charge in [-0.05, 0) is 73.6 Å². The first-order chi connectivity index (χ1) is 23.3. The summed E-state index contributed by atoms with van der Waals surface area (Å²) in [4.78, 5) is 0. The molecule has 218 valence electrons. The van der Waals surface area contributed by atoms with E-state index in [-0.39, 0.29) is 0 Å². The van der Waals surface area contributed by atoms with Gasteiger partial charge in [0.25, 0.3) is 0 Å². The van der Waals surface area contributed by atoms with Crippen molar-refractivity contribution in [1.29, 1.82) is 5.26 Å². The molecule has 0 amide bonds. The summed E-state index contributed by atoms with van der Waals surface area (Å²) in [6.07, 6.45) is 0. The molecule has 0 atom stereocenters. The van der Waals surface area contributed by atoms with Crippen molar-refractivity contribution < 1.29 is 0 Å². The van der Waals surface area contributed by atoms with Crippen molar-refractivity contribution in [2.45, 2.75) is 0 Å². The summed E-state index contributed by atoms with van der Waals surface area (Å²) < 4.78 is 2.24. The van der Waals surface area contributed by atoms with Crippen LogP contribution >= 0.6 is 0 Å². The predicted octanol–water partition coefficient (Wildman–Crippen LogP) is 12.0. The van der Waals surface area contributed by atoms with E-state index in [0.717, 1.165) is 33.4 Å². The molecule has 0 spiro atoms. The highest BCUT2D eigenvalue weighted by Crippen LogP contribution is 2.44. The molecule has 47 heavy (non-hydrogen) atoms. The average molecular weight is 597 g/mol. The monoisotopic (exact) mass is 596 g/mol. The van der Waals surface area contributed by atoms with Gasteiger partial charge in [-0.1, -0.05) is 146 Å². The van der Waals surface area contributed by atoms with Gasteiger partial charge in [0.2, 0.25) is 0 Å². The topological polar surface area (TPSA) is 28.7 Å². The van der Waals surface area contributed by atoms with E-state index in [1.54, 1.807) is 0 Å². The maximum Gasteiger partial charge on any atom is 0.102 e. The van der Waals surface area contributed by atoms with Crippen LogP contribution < -0.4 is 0 Å². The maximum absolute atomic E-state index is 10.7. The Bertz CT molecular complexity index is 2580. The largest absolute Gasteiger partial charge is 0.308 e. The fraction of sp³-hybridized carbons (Fsp3) is 0. The molecule has 1 heterocycles. The molecule has 9 aromatic rings. The Morgan fingerprint density at radius 3 is 1.40 bits per heavy atom. The van der Waals surface area contributed by atoms with E-state index >= 15 is 0 Å². The number of hydrogen-bond acceptors (Lipinski definition) is 1. The Morgan fingerprint density at radius 2 is 0.830 bits per heavy atom. The molecule has 2 heteroatoms. The van der Waals surface area contributed by atoms with Gasteiger partial charge in [-0.2, -0.15) is 5.26 Å². The molecule has 0 aliphatic rings. The second-order valence-corrected chi connectivity index (χ2v) is 12.0. The fourth-order valence-electron chi connectivity index (χ4n) is 7.46. The molecule has 0 aliphatic carbocycles. The molecule has 0 saturated heterocycles. The molecule has 0 bridgehead atoms. The van der Waals surface area contributed by atoms with E-state index in [0.29, 0.717) is 5.56 Å². The lowest BCUT2D eigenvalue weighted by molar-refractivity contribution is 1.17. The minimum atomic E-state index is 0.658. The molecule has 9 rings (SSSR count). The Balaban J connectivity index is 1.29. The minimum Gasteiger partial charge on any atom is -0.308 e. The van der Waals surface area contributed by atoms with Crippen LogP contribution in [-0.4, -0.2) is 4.57 Å². The first-order valence-corrected chi connectivity index (χ1v) is 15.9. The molecule has 0 N–H and O–H groups in total. The van der Waals surface area contributed by atoms with Gasteiger partial charge >= 0.3 is 0 Å². The van der Waals surface area contributed by atoms with Crippen molar-refractivity contribution in [3.8, 4) is 45.1 Å². The zero-order valence-electron chi connectivity index (χ0n) is 25.6. The number of para-hydroxylation sites is 2. The van der Waals surface area contributed by atoms with Gasteiger partial charge in [0.05, 0.1) is 22.3 Å². The van der Waals surface area contributed by atoms with Crippen LogP contribution in [0.2, 0.25) is 0 Å². The zero-order valence-corrected chi connectivity index (χ0v) is 25.6. The van der Waals surface area contributed by atoms with Crippen LogP contribution in [0, 0.1) is 11.3 Å². The Morgan fingerprint density at radius 1 is 0.383 bits per heavy atom. The van der Waals surface area contributed by atoms with Crippen molar-refractivity contribution in [3.05, 3.63) is 175 Å². The third kappa shape index (κ3) is 4.18. The van der Waals surface area contributed by atoms with Gasteiger partial charge in [-0.15, -0.1) is 0 Å². The van der Waals surface area contributed by atoms with E-state index in [1.807, 2.05) is 0 Å². The van der Waals surface area contributed by atoms with Crippen LogP contribution in [0.25, 0.3) is 82.4 Å². The lowest BCUT2D eigenvalue weighted by atomic mass is 9.85. The van der Waals surface area contributed by atoms with Gasteiger partial charge in [0.15, 0.2) is 0 Å². The van der Waals surface area contributed by atoms with Crippen LogP contribution in [0.3, 0.4) is 0 Å². The third-order valence-corrected chi connectivity index (χ3v) is 9.43. The number of hydrogen-bond donors (Lipinski definition) is 0. The normalized spacial score (nSPS) is 11.4. The van der Waals surface area contributed by atoms with E-state index in [9.17, 15) is 5.26 Å². The lowest BCUT2D eigenvalue weighted by Crippen LogP contribution is -1.99. The highest BCUT2D eigenvalue weighted by atomic mass is 15.0. The standard InChI is InChI=1S/C45H28N2/c46-29-40-33(24-13-27-43(40)47-41-25-10-8-18-34(41)35-19-9-11-26-42(35)47)31-16-12-17-32(28-31)45-38-22-6-4-20-36(38)44(30-14-2-1-3-15-30)37-21-5-7-23-39(37)45/h1-28H. The fourth-order valence-corrected chi connectivity index (χ4v) is 7.46. The molecule has 2 nitrogen and oxygen atoms in total. The highest BCUT2D eigenvalue weighted by molar-refractivity contribution is 6.21. The molecule has 0 aliphatic heterocycles. The molecule has 0 saturated carbocycles. The summed E-state index contributed by atoms with van der Waals surface area (Å²) in [6.45, 7) is 0. The van der Waals surface area contributed by atoms with Crippen LogP contribution in [0.4, 0.5) is 0 Å². The average Bonchev–Trinajstić information content (AvgIpc) is 3.48. The van der Waals surface area contributed by atoms with Crippen molar-refractivity contribution in [1.82, 2.24) is 4.57 Å². The lowest BCUT2D eigenvalue weighted by Gasteiger charge is -2.18. The molecule has 0 unspecified atom stereocenters. The van der Waals surface area contributed by atoms with Crippen LogP contribution in [-0.2, 0) is 0 Å². The molecule has 1 aromatic heterocycles. The number of nitriles is 1. The minimum absolute atomic E-state index is 0.658. The van der Waals surface area contributed by atoms with E-state index < -0.39 is 0 Å². The van der Waals surface area contributed by atoms with Crippen molar-refractivity contribution >= 4 is 43.4 Å². The summed E-state index contributed by atoms with van der Waals surface area (Å²) >= 11 is 0. The predicted molar refractivity (Wildman–Crippen MR) is 197 cm³/mol. The summed E-state index contributed by atoms with van der Waals surface area (Å²) in [6, 6.07) is 62.5. The maximum atomic E-state index is 10.7. The smallest absolute Gasteiger partial charge is 0.102 e. The first kappa shape index (κ1) is 26.9. The van der Waals surface area contributed by atoms with Gasteiger partial charge in [0, 0.05) is 16.3 Å². The quantitative estimate of drug-likeness (QED) is 0.186. The second-order valence-electron chi connectivity index (χ2n) is 12.0. The molecular formula is C45H28N2. The van der Waals surface area contributed by atoms with Crippen molar-refractivity contribution in [2.24, 2.45) is 0 Å². The number of aromatic nitrogens is 1. The van der Waals surface area contributed by atoms with Crippen molar-refractivity contribution in [3.63, 3.8) is 0 Å². The van der Waals surface area contributed by atoms with E-state index in [4.69, 9.17) is 0 Å². The van der Waals surface area contributed by atoms with Gasteiger partial charge in [0.1, 0.15) is 6.07 Å². The first-order valence-electron chi connectivity index (χ1n) is 15.9. The number of rotatable bonds is 4. The summed E-state index contributed by atoms with van der Waals surface area (Å²) in [5, 5.41) is 18.0. The van der Waals surface area contributed by atoms with Gasteiger partial charge in [-0.25, -0.2) is 0 Å². The summed E-state index contributed by atoms with van der Waals surface area (Å²) in [7, 11) is 0. The van der Waals surface area contributed by atoms with Crippen LogP contribution in [0.1, 0.15) is 5.56 Å². The summed E-state index contributed by atoms with van der Waals surface area (Å²) in [5.74, 6) is 0. The van der Waals surface area contributed by atoms with Crippen LogP contribution in [0.15, 0.2) is 170 Å². The molecule has 0 radical (unpaired) electrons. The van der Waals surface area contributed by atoms with Gasteiger partial charge in [-0.3, -0.25) is 0 Å². The van der Waals surface area contributed by atoms with Gasteiger partial charge < -0.3 is 4.57 Å². The van der Waals surface area contributed by atoms with Crippen molar-refractivity contribution in [2.75, 3.05) is 0 Å². The SMILES string of the molecule is N#Cc1c(-c2cccc(-c3c4ccccc4c(-c4ccccc4)c4ccccc34)c2)cccc1-n1c2ccccc2c2ccccc21.